The fraction of sp³-hybridized carbons (Fsp3) is 0.662. The first-order valence-corrected chi connectivity index (χ1v) is 32.5. The Bertz CT molecular complexity index is 1710. The van der Waals surface area contributed by atoms with E-state index in [2.05, 4.69) is 141 Å². The van der Waals surface area contributed by atoms with Gasteiger partial charge in [-0.25, -0.2) is 0 Å². The predicted molar refractivity (Wildman–Crippen MR) is 334 cm³/mol. The molecule has 9 heteroatoms. The van der Waals surface area contributed by atoms with Crippen LogP contribution in [-0.2, 0) is 18.4 Å². The molecule has 0 saturated heterocycles. The quantitative estimate of drug-likeness (QED) is 0.0272. The Hall–Kier alpha value is -3.36. The maximum Gasteiger partial charge on any atom is 0.268 e. The van der Waals surface area contributed by atoms with Gasteiger partial charge in [-0.15, -0.1) is 0 Å². The minimum Gasteiger partial charge on any atom is -0.756 e. The molecule has 2 N–H and O–H groups in total. The van der Waals surface area contributed by atoms with E-state index in [-0.39, 0.29) is 12.5 Å². The molecular formula is C68H117N2O6P. The van der Waals surface area contributed by atoms with Crippen molar-refractivity contribution in [2.24, 2.45) is 0 Å². The van der Waals surface area contributed by atoms with Crippen molar-refractivity contribution in [2.45, 2.75) is 251 Å². The second kappa shape index (κ2) is 57.3. The Labute approximate surface area is 475 Å². The number of quaternary nitrogens is 1. The summed E-state index contributed by atoms with van der Waals surface area (Å²) in [5, 5.41) is 13.9. The van der Waals surface area contributed by atoms with Gasteiger partial charge in [0.25, 0.3) is 7.82 Å². The molecule has 0 bridgehead atoms. The topological polar surface area (TPSA) is 108 Å². The number of phosphoric ester groups is 1. The smallest absolute Gasteiger partial charge is 0.268 e. The molecule has 0 rings (SSSR count). The zero-order valence-corrected chi connectivity index (χ0v) is 51.0. The van der Waals surface area contributed by atoms with E-state index < -0.39 is 26.6 Å². The fourth-order valence-electron chi connectivity index (χ4n) is 8.26. The van der Waals surface area contributed by atoms with Crippen LogP contribution in [0.25, 0.3) is 0 Å². The largest absolute Gasteiger partial charge is 0.756 e. The average Bonchev–Trinajstić information content (AvgIpc) is 3.39. The molecule has 77 heavy (non-hydrogen) atoms. The average molecular weight is 1090 g/mol. The lowest BCUT2D eigenvalue weighted by Crippen LogP contribution is -2.45. The van der Waals surface area contributed by atoms with Crippen LogP contribution in [0.2, 0.25) is 0 Å². The predicted octanol–water partition coefficient (Wildman–Crippen LogP) is 18.9. The SMILES string of the molecule is CC/C=C\C/C=C\C/C=C\C/C=C\C/C=C\C/C=C\C/C=C\C/C=C\CCCCCCCCCCC(=O)NC(COP(=O)([O-])OCC[N+](C)(C)C)C(O)/C=C/CC/C=C/CC/C=C/CCCCCCCCCCCCCC. The Morgan fingerprint density at radius 2 is 0.805 bits per heavy atom. The molecule has 440 valence electrons. The van der Waals surface area contributed by atoms with Crippen molar-refractivity contribution >= 4 is 13.7 Å². The molecule has 0 aromatic heterocycles. The van der Waals surface area contributed by atoms with Crippen molar-refractivity contribution in [3.63, 3.8) is 0 Å². The van der Waals surface area contributed by atoms with E-state index in [0.717, 1.165) is 109 Å². The Morgan fingerprint density at radius 3 is 1.21 bits per heavy atom. The number of nitrogens with one attached hydrogen (secondary N) is 1. The summed E-state index contributed by atoms with van der Waals surface area (Å²) < 4.78 is 23.4. The third kappa shape index (κ3) is 60.1. The van der Waals surface area contributed by atoms with Gasteiger partial charge in [0, 0.05) is 6.42 Å². The molecule has 0 saturated carbocycles. The fourth-order valence-corrected chi connectivity index (χ4v) is 8.98. The standard InChI is InChI=1S/C68H117N2O6P/c1-6-8-10-12-14-16-18-20-22-24-26-28-30-31-32-33-34-35-36-37-38-39-40-42-44-46-48-50-52-54-56-58-60-62-68(72)69-66(65-76-77(73,74)75-64-63-70(3,4)5)67(71)61-59-57-55-53-51-49-47-45-43-41-29-27-25-23-21-19-17-15-13-11-9-7-2/h8,10,14,16,20,22,26,28,31-32,34-35,37-38,40,42-43,45,51,53,59,61,66-67,71H,6-7,9,11-13,15,17-19,21,23-25,27,29-30,33,36,39,41,44,46-50,52,54-58,60,62-65H2,1-5H3,(H-,69,72,73,74)/b10-8-,16-14-,22-20-,28-26-,32-31-,35-34-,38-37-,42-40-,45-43+,53-51+,61-59+. The number of likely N-dealkylation sites (N-methyl/N-ethyl adjacent to an activating group) is 1. The minimum absolute atomic E-state index is 0.0177. The van der Waals surface area contributed by atoms with E-state index in [1.54, 1.807) is 6.08 Å². The lowest BCUT2D eigenvalue weighted by Gasteiger charge is -2.29. The van der Waals surface area contributed by atoms with Crippen LogP contribution in [0.15, 0.2) is 134 Å². The zero-order valence-electron chi connectivity index (χ0n) is 50.1. The number of hydrogen-bond donors (Lipinski definition) is 2. The van der Waals surface area contributed by atoms with E-state index in [9.17, 15) is 19.4 Å². The summed E-state index contributed by atoms with van der Waals surface area (Å²) in [7, 11) is 1.21. The van der Waals surface area contributed by atoms with Gasteiger partial charge in [0.05, 0.1) is 39.9 Å². The number of allylic oxidation sites excluding steroid dienone is 21. The number of unbranched alkanes of at least 4 members (excludes halogenated alkanes) is 22. The van der Waals surface area contributed by atoms with Gasteiger partial charge in [0.15, 0.2) is 0 Å². The van der Waals surface area contributed by atoms with Gasteiger partial charge in [0.1, 0.15) is 13.2 Å². The highest BCUT2D eigenvalue weighted by atomic mass is 31.2. The highest BCUT2D eigenvalue weighted by molar-refractivity contribution is 7.45. The number of carbonyl (C=O) groups is 1. The molecule has 0 heterocycles. The first-order chi connectivity index (χ1) is 37.5. The normalized spacial score (nSPS) is 14.7. The first kappa shape index (κ1) is 73.6. The molecule has 0 aromatic rings. The highest BCUT2D eigenvalue weighted by Gasteiger charge is 2.23. The maximum absolute atomic E-state index is 13.0. The van der Waals surface area contributed by atoms with E-state index in [1.807, 2.05) is 27.2 Å². The monoisotopic (exact) mass is 1090 g/mol. The molecule has 0 aliphatic rings. The van der Waals surface area contributed by atoms with Gasteiger partial charge >= 0.3 is 0 Å². The lowest BCUT2D eigenvalue weighted by molar-refractivity contribution is -0.870. The summed E-state index contributed by atoms with van der Waals surface area (Å²) in [5.41, 5.74) is 0. The van der Waals surface area contributed by atoms with Crippen LogP contribution in [0.3, 0.4) is 0 Å². The van der Waals surface area contributed by atoms with Crippen LogP contribution in [-0.4, -0.2) is 68.5 Å². The second-order valence-electron chi connectivity index (χ2n) is 21.7. The summed E-state index contributed by atoms with van der Waals surface area (Å²) in [4.78, 5) is 25.5. The van der Waals surface area contributed by atoms with E-state index in [4.69, 9.17) is 9.05 Å². The highest BCUT2D eigenvalue weighted by Crippen LogP contribution is 2.38. The number of phosphoric acid groups is 1. The third-order valence-corrected chi connectivity index (χ3v) is 14.0. The molecule has 0 aromatic carbocycles. The molecule has 0 aliphatic heterocycles. The zero-order chi connectivity index (χ0) is 56.3. The number of rotatable bonds is 55. The molecule has 3 atom stereocenters. The van der Waals surface area contributed by atoms with Crippen molar-refractivity contribution in [3.05, 3.63) is 134 Å². The molecule has 0 aliphatic carbocycles. The van der Waals surface area contributed by atoms with Crippen LogP contribution in [0.5, 0.6) is 0 Å². The van der Waals surface area contributed by atoms with Crippen molar-refractivity contribution in [1.82, 2.24) is 5.32 Å². The summed E-state index contributed by atoms with van der Waals surface area (Å²) in [6.45, 7) is 4.49. The maximum atomic E-state index is 13.0. The van der Waals surface area contributed by atoms with Gasteiger partial charge in [0.2, 0.25) is 5.91 Å². The number of nitrogens with zero attached hydrogens (tertiary/aromatic N) is 1. The Balaban J connectivity index is 4.28. The summed E-state index contributed by atoms with van der Waals surface area (Å²) in [6, 6.07) is -0.925. The number of aliphatic hydroxyl groups excluding tert-OH is 1. The molecule has 3 unspecified atom stereocenters. The molecular weight excluding hydrogens is 972 g/mol. The lowest BCUT2D eigenvalue weighted by atomic mass is 10.0. The first-order valence-electron chi connectivity index (χ1n) is 31.0. The van der Waals surface area contributed by atoms with E-state index >= 15 is 0 Å². The minimum atomic E-state index is -4.62. The van der Waals surface area contributed by atoms with Crippen LogP contribution < -0.4 is 10.2 Å². The number of aliphatic hydroxyl groups is 1. The van der Waals surface area contributed by atoms with Gasteiger partial charge < -0.3 is 28.8 Å². The van der Waals surface area contributed by atoms with E-state index in [0.29, 0.717) is 17.4 Å². The Morgan fingerprint density at radius 1 is 0.468 bits per heavy atom. The van der Waals surface area contributed by atoms with Gasteiger partial charge in [-0.2, -0.15) is 0 Å². The molecule has 0 fully saturated rings. The van der Waals surface area contributed by atoms with Crippen LogP contribution in [0.4, 0.5) is 0 Å². The third-order valence-electron chi connectivity index (χ3n) is 13.1. The summed E-state index contributed by atoms with van der Waals surface area (Å²) in [6.07, 6.45) is 86.8. The number of amides is 1. The molecule has 1 amide bonds. The van der Waals surface area contributed by atoms with Crippen molar-refractivity contribution < 1.29 is 32.9 Å². The molecule has 0 radical (unpaired) electrons. The van der Waals surface area contributed by atoms with Gasteiger partial charge in [-0.05, 0) is 109 Å². The van der Waals surface area contributed by atoms with Crippen molar-refractivity contribution in [1.29, 1.82) is 0 Å². The van der Waals surface area contributed by atoms with Crippen LogP contribution in [0, 0.1) is 0 Å². The van der Waals surface area contributed by atoms with E-state index in [1.165, 1.54) is 109 Å². The molecule has 8 nitrogen and oxygen atoms in total. The number of carbonyl (C=O) groups excluding carboxylic acids is 1. The van der Waals surface area contributed by atoms with Crippen LogP contribution >= 0.6 is 7.82 Å². The second-order valence-corrected chi connectivity index (χ2v) is 23.1. The summed E-state index contributed by atoms with van der Waals surface area (Å²) >= 11 is 0. The van der Waals surface area contributed by atoms with Crippen molar-refractivity contribution in [3.8, 4) is 0 Å². The Kier molecular flexibility index (Phi) is 54.8. The van der Waals surface area contributed by atoms with Gasteiger partial charge in [-0.3, -0.25) is 9.36 Å². The van der Waals surface area contributed by atoms with Crippen LogP contribution in [0.1, 0.15) is 239 Å². The van der Waals surface area contributed by atoms with Crippen molar-refractivity contribution in [2.75, 3.05) is 40.9 Å². The summed E-state index contributed by atoms with van der Waals surface area (Å²) in [5.74, 6) is -0.225. The van der Waals surface area contributed by atoms with Gasteiger partial charge in [-0.1, -0.05) is 257 Å². The molecule has 0 spiro atoms. The number of hydrogen-bond acceptors (Lipinski definition) is 6.